The monoisotopic (exact) mass is 245 g/mol. The summed E-state index contributed by atoms with van der Waals surface area (Å²) >= 11 is 0. The molecule has 0 aliphatic rings. The van der Waals surface area contributed by atoms with Crippen molar-refractivity contribution in [3.05, 3.63) is 0 Å². The van der Waals surface area contributed by atoms with E-state index in [4.69, 9.17) is 15.6 Å². The summed E-state index contributed by atoms with van der Waals surface area (Å²) in [6, 6.07) is 0. The predicted molar refractivity (Wildman–Crippen MR) is 68.6 cm³/mol. The van der Waals surface area contributed by atoms with Gasteiger partial charge in [0.1, 0.15) is 0 Å². The lowest BCUT2D eigenvalue weighted by atomic mass is 10.0. The molecule has 0 fully saturated rings. The van der Waals surface area contributed by atoms with E-state index < -0.39 is 0 Å². The summed E-state index contributed by atoms with van der Waals surface area (Å²) < 4.78 is 5.47. The maximum Gasteiger partial charge on any atom is 0.222 e. The minimum absolute atomic E-state index is 0.132. The molecular weight excluding hydrogens is 218 g/mol. The topological polar surface area (TPSA) is 72.6 Å². The van der Waals surface area contributed by atoms with E-state index in [1.165, 1.54) is 0 Å². The summed E-state index contributed by atoms with van der Waals surface area (Å²) in [6.45, 7) is 3.50. The van der Waals surface area contributed by atoms with Crippen molar-refractivity contribution in [2.24, 2.45) is 11.7 Å². The van der Waals surface area contributed by atoms with Gasteiger partial charge in [0.2, 0.25) is 5.91 Å². The number of aliphatic hydroxyl groups is 1. The zero-order valence-corrected chi connectivity index (χ0v) is 11.0. The van der Waals surface area contributed by atoms with E-state index in [1.54, 1.807) is 0 Å². The Morgan fingerprint density at radius 2 is 1.94 bits per heavy atom. The van der Waals surface area contributed by atoms with Crippen LogP contribution in [0.25, 0.3) is 0 Å². The highest BCUT2D eigenvalue weighted by Gasteiger charge is 2.14. The van der Waals surface area contributed by atoms with Gasteiger partial charge in [0.15, 0.2) is 0 Å². The highest BCUT2D eigenvalue weighted by Crippen LogP contribution is 2.09. The van der Waals surface area contributed by atoms with Crippen LogP contribution in [0, 0.1) is 5.92 Å². The molecule has 0 aliphatic heterocycles. The maximum absolute atomic E-state index is 11.1. The fraction of sp³-hybridized carbons (Fsp3) is 0.923. The number of hydrogen-bond donors (Lipinski definition) is 2. The molecule has 102 valence electrons. The van der Waals surface area contributed by atoms with E-state index in [1.807, 2.05) is 0 Å². The number of amides is 1. The first-order valence-corrected chi connectivity index (χ1v) is 6.70. The van der Waals surface area contributed by atoms with Crippen molar-refractivity contribution < 1.29 is 14.6 Å². The number of nitrogens with two attached hydrogens (primary N) is 1. The Balaban J connectivity index is 3.44. The first kappa shape index (κ1) is 16.4. The van der Waals surface area contributed by atoms with Gasteiger partial charge in [0.05, 0.1) is 12.5 Å². The van der Waals surface area contributed by atoms with Crippen molar-refractivity contribution >= 4 is 5.91 Å². The van der Waals surface area contributed by atoms with Crippen LogP contribution in [0.5, 0.6) is 0 Å². The van der Waals surface area contributed by atoms with Gasteiger partial charge in [0.25, 0.3) is 0 Å². The van der Waals surface area contributed by atoms with Crippen LogP contribution in [0.4, 0.5) is 0 Å². The molecule has 0 saturated carbocycles. The second kappa shape index (κ2) is 11.9. The second-order valence-electron chi connectivity index (χ2n) is 4.45. The van der Waals surface area contributed by atoms with E-state index in [0.717, 1.165) is 44.9 Å². The number of carbonyl (C=O) groups excluding carboxylic acids is 1. The Kier molecular flexibility index (Phi) is 11.4. The van der Waals surface area contributed by atoms with Gasteiger partial charge in [-0.15, -0.1) is 0 Å². The lowest BCUT2D eigenvalue weighted by molar-refractivity contribution is -0.124. The minimum atomic E-state index is -0.251. The fourth-order valence-corrected chi connectivity index (χ4v) is 1.65. The SMILES string of the molecule is CCCCC(COCCCCCCO)C(N)=O. The molecule has 0 heterocycles. The molecule has 0 radical (unpaired) electrons. The molecule has 1 amide bonds. The molecule has 0 aromatic carbocycles. The number of aliphatic hydroxyl groups excluding tert-OH is 1. The van der Waals surface area contributed by atoms with E-state index in [-0.39, 0.29) is 18.4 Å². The molecule has 0 bridgehead atoms. The molecule has 4 nitrogen and oxygen atoms in total. The van der Waals surface area contributed by atoms with Crippen LogP contribution in [0.1, 0.15) is 51.9 Å². The van der Waals surface area contributed by atoms with Gasteiger partial charge in [0, 0.05) is 13.2 Å². The van der Waals surface area contributed by atoms with Crippen LogP contribution in [0.15, 0.2) is 0 Å². The molecule has 0 aliphatic carbocycles. The standard InChI is InChI=1S/C13H27NO3/c1-2-3-8-12(13(14)16)11-17-10-7-5-4-6-9-15/h12,15H,2-11H2,1H3,(H2,14,16). The van der Waals surface area contributed by atoms with Gasteiger partial charge in [-0.25, -0.2) is 0 Å². The van der Waals surface area contributed by atoms with Crippen LogP contribution in [-0.4, -0.2) is 30.8 Å². The Hall–Kier alpha value is -0.610. The van der Waals surface area contributed by atoms with Gasteiger partial charge in [-0.1, -0.05) is 32.6 Å². The normalized spacial score (nSPS) is 12.6. The number of carbonyl (C=O) groups is 1. The smallest absolute Gasteiger partial charge is 0.222 e. The maximum atomic E-state index is 11.1. The van der Waals surface area contributed by atoms with Gasteiger partial charge < -0.3 is 15.6 Å². The zero-order chi connectivity index (χ0) is 12.9. The molecule has 0 aromatic heterocycles. The summed E-state index contributed by atoms with van der Waals surface area (Å²) in [5.74, 6) is -0.383. The summed E-state index contributed by atoms with van der Waals surface area (Å²) in [6.07, 6.45) is 6.88. The number of rotatable bonds is 12. The molecule has 3 N–H and O–H groups in total. The fourth-order valence-electron chi connectivity index (χ4n) is 1.65. The number of hydrogen-bond acceptors (Lipinski definition) is 3. The van der Waals surface area contributed by atoms with Gasteiger partial charge >= 0.3 is 0 Å². The Labute approximate surface area is 105 Å². The summed E-state index contributed by atoms with van der Waals surface area (Å²) in [5.41, 5.74) is 5.31. The summed E-state index contributed by atoms with van der Waals surface area (Å²) in [4.78, 5) is 11.1. The number of primary amides is 1. The van der Waals surface area contributed by atoms with Crippen LogP contribution in [-0.2, 0) is 9.53 Å². The summed E-state index contributed by atoms with van der Waals surface area (Å²) in [7, 11) is 0. The van der Waals surface area contributed by atoms with Crippen LogP contribution in [0.2, 0.25) is 0 Å². The van der Waals surface area contributed by atoms with Crippen LogP contribution < -0.4 is 5.73 Å². The Morgan fingerprint density at radius 3 is 2.53 bits per heavy atom. The van der Waals surface area contributed by atoms with Gasteiger partial charge in [-0.3, -0.25) is 4.79 Å². The van der Waals surface area contributed by atoms with Crippen molar-refractivity contribution in [1.82, 2.24) is 0 Å². The first-order chi connectivity index (χ1) is 8.22. The summed E-state index contributed by atoms with van der Waals surface area (Å²) in [5, 5.41) is 8.60. The average molecular weight is 245 g/mol. The second-order valence-corrected chi connectivity index (χ2v) is 4.45. The van der Waals surface area contributed by atoms with Crippen LogP contribution in [0.3, 0.4) is 0 Å². The molecule has 1 unspecified atom stereocenters. The number of ether oxygens (including phenoxy) is 1. The van der Waals surface area contributed by atoms with Crippen molar-refractivity contribution in [3.63, 3.8) is 0 Å². The highest BCUT2D eigenvalue weighted by atomic mass is 16.5. The lowest BCUT2D eigenvalue weighted by Crippen LogP contribution is -2.27. The Bertz CT molecular complexity index is 186. The first-order valence-electron chi connectivity index (χ1n) is 6.70. The molecule has 0 rings (SSSR count). The molecule has 4 heteroatoms. The third-order valence-corrected chi connectivity index (χ3v) is 2.82. The van der Waals surface area contributed by atoms with Gasteiger partial charge in [-0.2, -0.15) is 0 Å². The third kappa shape index (κ3) is 10.3. The van der Waals surface area contributed by atoms with Crippen LogP contribution >= 0.6 is 0 Å². The predicted octanol–water partition coefficient (Wildman–Crippen LogP) is 1.85. The van der Waals surface area contributed by atoms with E-state index in [9.17, 15) is 4.79 Å². The quantitative estimate of drug-likeness (QED) is 0.515. The van der Waals surface area contributed by atoms with E-state index >= 15 is 0 Å². The minimum Gasteiger partial charge on any atom is -0.396 e. The third-order valence-electron chi connectivity index (χ3n) is 2.82. The largest absolute Gasteiger partial charge is 0.396 e. The van der Waals surface area contributed by atoms with Crippen molar-refractivity contribution in [1.29, 1.82) is 0 Å². The van der Waals surface area contributed by atoms with Crippen molar-refractivity contribution in [2.75, 3.05) is 19.8 Å². The van der Waals surface area contributed by atoms with Gasteiger partial charge in [-0.05, 0) is 19.3 Å². The lowest BCUT2D eigenvalue weighted by Gasteiger charge is -2.13. The molecular formula is C13H27NO3. The van der Waals surface area contributed by atoms with E-state index in [2.05, 4.69) is 6.92 Å². The molecule has 1 atom stereocenters. The van der Waals surface area contributed by atoms with E-state index in [0.29, 0.717) is 13.2 Å². The Morgan fingerprint density at radius 1 is 1.24 bits per heavy atom. The van der Waals surface area contributed by atoms with Crippen molar-refractivity contribution in [3.8, 4) is 0 Å². The van der Waals surface area contributed by atoms with Crippen molar-refractivity contribution in [2.45, 2.75) is 51.9 Å². The zero-order valence-electron chi connectivity index (χ0n) is 11.0. The molecule has 17 heavy (non-hydrogen) atoms. The molecule has 0 spiro atoms. The number of unbranched alkanes of at least 4 members (excludes halogenated alkanes) is 4. The molecule has 0 saturated heterocycles. The average Bonchev–Trinajstić information content (AvgIpc) is 2.31. The highest BCUT2D eigenvalue weighted by molar-refractivity contribution is 5.76. The molecule has 0 aromatic rings.